The number of thioether (sulfide) groups is 1. The lowest BCUT2D eigenvalue weighted by atomic mass is 10.2. The van der Waals surface area contributed by atoms with E-state index in [0.717, 1.165) is 29.9 Å². The van der Waals surface area contributed by atoms with Gasteiger partial charge < -0.3 is 5.11 Å². The molecule has 1 aliphatic rings. The van der Waals surface area contributed by atoms with Crippen LogP contribution in [0.2, 0.25) is 10.0 Å². The van der Waals surface area contributed by atoms with Crippen LogP contribution in [0.1, 0.15) is 25.7 Å². The Morgan fingerprint density at radius 1 is 1.32 bits per heavy atom. The number of carboxylic acids is 1. The number of amides is 2. The lowest BCUT2D eigenvalue weighted by Crippen LogP contribution is -2.46. The fourth-order valence-electron chi connectivity index (χ4n) is 3.15. The molecule has 1 aromatic heterocycles. The molecule has 0 atom stereocenters. The molecule has 0 bridgehead atoms. The summed E-state index contributed by atoms with van der Waals surface area (Å²) in [5.74, 6) is -0.946. The SMILES string of the molecule is CN(C(=O)N(c1cccc(Cl)c1Cl)C1CCCC1)c1ncc(SCC(=O)O)s1. The standard InChI is InChI=1S/C18H19Cl2N3O3S2/c1-22(17-21-9-15(28-17)27-10-14(24)25)18(26)23(11-5-2-3-6-11)13-8-4-7-12(19)16(13)20/h4,7-9,11H,2-3,5-6,10H2,1H3,(H,24,25). The Morgan fingerprint density at radius 2 is 2.04 bits per heavy atom. The van der Waals surface area contributed by atoms with Crippen LogP contribution in [0, 0.1) is 0 Å². The van der Waals surface area contributed by atoms with Crippen molar-refractivity contribution in [3.63, 3.8) is 0 Å². The Labute approximate surface area is 181 Å². The molecule has 3 rings (SSSR count). The molecule has 0 aliphatic heterocycles. The van der Waals surface area contributed by atoms with Crippen molar-refractivity contribution in [2.75, 3.05) is 22.6 Å². The lowest BCUT2D eigenvalue weighted by molar-refractivity contribution is -0.133. The van der Waals surface area contributed by atoms with Gasteiger partial charge in [0.25, 0.3) is 0 Å². The van der Waals surface area contributed by atoms with Gasteiger partial charge in [0.15, 0.2) is 5.13 Å². The van der Waals surface area contributed by atoms with Gasteiger partial charge in [-0.2, -0.15) is 0 Å². The number of hydrogen-bond donors (Lipinski definition) is 1. The minimum absolute atomic E-state index is 0.0479. The van der Waals surface area contributed by atoms with E-state index in [9.17, 15) is 9.59 Å². The van der Waals surface area contributed by atoms with Crippen molar-refractivity contribution in [1.82, 2.24) is 4.98 Å². The molecule has 1 aliphatic carbocycles. The number of carboxylic acid groups (broad SMARTS) is 1. The van der Waals surface area contributed by atoms with Gasteiger partial charge in [0, 0.05) is 13.1 Å². The summed E-state index contributed by atoms with van der Waals surface area (Å²) in [5.41, 5.74) is 0.593. The molecule has 0 unspecified atom stereocenters. The zero-order valence-electron chi connectivity index (χ0n) is 15.1. The molecule has 1 saturated carbocycles. The first kappa shape index (κ1) is 21.2. The molecule has 6 nitrogen and oxygen atoms in total. The van der Waals surface area contributed by atoms with Crippen molar-refractivity contribution >= 4 is 69.1 Å². The molecule has 1 N–H and O–H groups in total. The highest BCUT2D eigenvalue weighted by molar-refractivity contribution is 8.01. The third-order valence-electron chi connectivity index (χ3n) is 4.47. The van der Waals surface area contributed by atoms with Gasteiger partial charge in [0.05, 0.1) is 31.9 Å². The van der Waals surface area contributed by atoms with E-state index in [2.05, 4.69) is 4.98 Å². The van der Waals surface area contributed by atoms with Crippen LogP contribution in [0.4, 0.5) is 15.6 Å². The Kier molecular flexibility index (Phi) is 7.09. The largest absolute Gasteiger partial charge is 0.481 e. The summed E-state index contributed by atoms with van der Waals surface area (Å²) in [7, 11) is 1.66. The van der Waals surface area contributed by atoms with E-state index in [1.165, 1.54) is 28.0 Å². The van der Waals surface area contributed by atoms with Crippen molar-refractivity contribution in [2.24, 2.45) is 0 Å². The van der Waals surface area contributed by atoms with E-state index in [1.807, 2.05) is 0 Å². The molecular weight excluding hydrogens is 441 g/mol. The van der Waals surface area contributed by atoms with Crippen LogP contribution in [0.15, 0.2) is 28.6 Å². The normalized spacial score (nSPS) is 14.2. The molecular formula is C18H19Cl2N3O3S2. The van der Waals surface area contributed by atoms with Crippen LogP contribution >= 0.6 is 46.3 Å². The van der Waals surface area contributed by atoms with E-state index in [0.29, 0.717) is 20.9 Å². The molecule has 1 aromatic carbocycles. The second-order valence-electron chi connectivity index (χ2n) is 6.37. The number of halogens is 2. The van der Waals surface area contributed by atoms with Crippen molar-refractivity contribution in [2.45, 2.75) is 35.9 Å². The molecule has 0 spiro atoms. The van der Waals surface area contributed by atoms with Crippen LogP contribution in [0.5, 0.6) is 0 Å². The smallest absolute Gasteiger partial charge is 0.330 e. The summed E-state index contributed by atoms with van der Waals surface area (Å²) >= 11 is 15.1. The molecule has 0 radical (unpaired) electrons. The number of carbonyl (C=O) groups is 2. The summed E-state index contributed by atoms with van der Waals surface area (Å²) in [5, 5.41) is 10.1. The van der Waals surface area contributed by atoms with Crippen LogP contribution in [0.25, 0.3) is 0 Å². The first-order valence-corrected chi connectivity index (χ1v) is 11.3. The second kappa shape index (κ2) is 9.35. The number of hydrogen-bond acceptors (Lipinski definition) is 5. The molecule has 1 heterocycles. The fourth-order valence-corrected chi connectivity index (χ4v) is 5.17. The number of rotatable bonds is 6. The summed E-state index contributed by atoms with van der Waals surface area (Å²) in [6.45, 7) is 0. The van der Waals surface area contributed by atoms with E-state index in [4.69, 9.17) is 28.3 Å². The minimum Gasteiger partial charge on any atom is -0.481 e. The van der Waals surface area contributed by atoms with Crippen LogP contribution < -0.4 is 9.80 Å². The van der Waals surface area contributed by atoms with Crippen molar-refractivity contribution in [1.29, 1.82) is 0 Å². The second-order valence-corrected chi connectivity index (χ2v) is 9.44. The fraction of sp³-hybridized carbons (Fsp3) is 0.389. The van der Waals surface area contributed by atoms with Crippen LogP contribution in [-0.2, 0) is 4.79 Å². The topological polar surface area (TPSA) is 73.7 Å². The Hall–Kier alpha value is -1.48. The lowest BCUT2D eigenvalue weighted by Gasteiger charge is -2.32. The predicted molar refractivity (Wildman–Crippen MR) is 115 cm³/mol. The van der Waals surface area contributed by atoms with Gasteiger partial charge in [-0.1, -0.05) is 53.4 Å². The van der Waals surface area contributed by atoms with E-state index in [1.54, 1.807) is 36.3 Å². The average Bonchev–Trinajstić information content (AvgIpc) is 3.35. The molecule has 2 aromatic rings. The molecule has 150 valence electrons. The predicted octanol–water partition coefficient (Wildman–Crippen LogP) is 5.63. The van der Waals surface area contributed by atoms with Gasteiger partial charge in [-0.05, 0) is 25.0 Å². The third-order valence-corrected chi connectivity index (χ3v) is 7.53. The minimum atomic E-state index is -0.896. The number of urea groups is 1. The first-order chi connectivity index (χ1) is 13.4. The summed E-state index contributed by atoms with van der Waals surface area (Å²) in [6.07, 6.45) is 5.51. The van der Waals surface area contributed by atoms with Crippen LogP contribution in [0.3, 0.4) is 0 Å². The Morgan fingerprint density at radius 3 is 2.71 bits per heavy atom. The van der Waals surface area contributed by atoms with Crippen molar-refractivity contribution in [3.05, 3.63) is 34.4 Å². The van der Waals surface area contributed by atoms with Gasteiger partial charge in [-0.25, -0.2) is 9.78 Å². The number of anilines is 2. The molecule has 10 heteroatoms. The maximum absolute atomic E-state index is 13.4. The van der Waals surface area contributed by atoms with Crippen LogP contribution in [-0.4, -0.2) is 40.9 Å². The zero-order chi connectivity index (χ0) is 20.3. The monoisotopic (exact) mass is 459 g/mol. The maximum atomic E-state index is 13.4. The quantitative estimate of drug-likeness (QED) is 0.566. The third kappa shape index (κ3) is 4.74. The highest BCUT2D eigenvalue weighted by Gasteiger charge is 2.33. The van der Waals surface area contributed by atoms with Gasteiger partial charge in [-0.3, -0.25) is 14.6 Å². The summed E-state index contributed by atoms with van der Waals surface area (Å²) in [4.78, 5) is 31.6. The Balaban J connectivity index is 1.86. The molecule has 0 saturated heterocycles. The van der Waals surface area contributed by atoms with Crippen molar-refractivity contribution in [3.8, 4) is 0 Å². The highest BCUT2D eigenvalue weighted by Crippen LogP contribution is 2.38. The molecule has 1 fully saturated rings. The summed E-state index contributed by atoms with van der Waals surface area (Å²) < 4.78 is 0.741. The Bertz CT molecular complexity index is 872. The number of aliphatic carboxylic acids is 1. The number of benzene rings is 1. The van der Waals surface area contributed by atoms with E-state index < -0.39 is 5.97 Å². The first-order valence-electron chi connectivity index (χ1n) is 8.70. The average molecular weight is 460 g/mol. The van der Waals surface area contributed by atoms with Crippen molar-refractivity contribution < 1.29 is 14.7 Å². The number of thiazole rings is 1. The summed E-state index contributed by atoms with van der Waals surface area (Å²) in [6, 6.07) is 5.09. The van der Waals surface area contributed by atoms with Gasteiger partial charge in [-0.15, -0.1) is 11.8 Å². The highest BCUT2D eigenvalue weighted by atomic mass is 35.5. The molecule has 28 heavy (non-hydrogen) atoms. The number of carbonyl (C=O) groups excluding carboxylic acids is 1. The zero-order valence-corrected chi connectivity index (χ0v) is 18.2. The van der Waals surface area contributed by atoms with E-state index in [-0.39, 0.29) is 17.8 Å². The van der Waals surface area contributed by atoms with Gasteiger partial charge in [0.1, 0.15) is 0 Å². The van der Waals surface area contributed by atoms with Gasteiger partial charge in [0.2, 0.25) is 0 Å². The number of aromatic nitrogens is 1. The van der Waals surface area contributed by atoms with E-state index >= 15 is 0 Å². The number of nitrogens with zero attached hydrogens (tertiary/aromatic N) is 3. The van der Waals surface area contributed by atoms with Gasteiger partial charge >= 0.3 is 12.0 Å². The molecule has 2 amide bonds. The maximum Gasteiger partial charge on any atom is 0.330 e.